The fourth-order valence-corrected chi connectivity index (χ4v) is 1.57. The van der Waals surface area contributed by atoms with Crippen LogP contribution in [0.5, 0.6) is 0 Å². The van der Waals surface area contributed by atoms with Gasteiger partial charge in [-0.1, -0.05) is 0 Å². The zero-order valence-electron chi connectivity index (χ0n) is 12.5. The van der Waals surface area contributed by atoms with Gasteiger partial charge in [0.25, 0.3) is 0 Å². The molecule has 2 aromatic carbocycles. The predicted octanol–water partition coefficient (Wildman–Crippen LogP) is 2.94. The lowest BCUT2D eigenvalue weighted by Crippen LogP contribution is -2.26. The second kappa shape index (κ2) is 9.38. The first-order valence-electron chi connectivity index (χ1n) is 6.51. The highest BCUT2D eigenvalue weighted by molar-refractivity contribution is 5.85. The molecule has 0 heterocycles. The zero-order chi connectivity index (χ0) is 17.5. The summed E-state index contributed by atoms with van der Waals surface area (Å²) in [7, 11) is 0. The monoisotopic (exact) mass is 373 g/mol. The Balaban J connectivity index is 0.00000312. The zero-order valence-corrected chi connectivity index (χ0v) is 13.3. The molecule has 0 bridgehead atoms. The van der Waals surface area contributed by atoms with Gasteiger partial charge in [0, 0.05) is 11.1 Å². The van der Waals surface area contributed by atoms with Crippen molar-refractivity contribution in [2.75, 3.05) is 0 Å². The molecule has 2 aromatic rings. The number of benzene rings is 2. The number of hydrogen-bond donors (Lipinski definition) is 2. The van der Waals surface area contributed by atoms with Crippen molar-refractivity contribution in [1.29, 1.82) is 0 Å². The summed E-state index contributed by atoms with van der Waals surface area (Å²) < 4.78 is 52.5. The minimum Gasteiger partial charge on any atom is -0.367 e. The molecule has 0 radical (unpaired) electrons. The van der Waals surface area contributed by atoms with Gasteiger partial charge in [-0.2, -0.15) is 10.2 Å². The Morgan fingerprint density at radius 1 is 0.880 bits per heavy atom. The molecule has 3 N–H and O–H groups in total. The van der Waals surface area contributed by atoms with E-state index in [-0.39, 0.29) is 29.5 Å². The Hall–Kier alpha value is -2.94. The summed E-state index contributed by atoms with van der Waals surface area (Å²) in [6.45, 7) is 0. The maximum Gasteiger partial charge on any atom is 0.234 e. The Kier molecular flexibility index (Phi) is 7.54. The number of guanidine groups is 1. The van der Waals surface area contributed by atoms with Gasteiger partial charge in [-0.3, -0.25) is 0 Å². The molecule has 25 heavy (non-hydrogen) atoms. The molecular weight excluding hydrogens is 362 g/mol. The maximum atomic E-state index is 13.3. The molecule has 0 aliphatic carbocycles. The molecule has 10 heteroatoms. The van der Waals surface area contributed by atoms with Crippen LogP contribution in [-0.2, 0) is 0 Å². The first kappa shape index (κ1) is 20.1. The third-order valence-corrected chi connectivity index (χ3v) is 2.66. The van der Waals surface area contributed by atoms with E-state index in [9.17, 15) is 17.6 Å². The molecule has 0 saturated heterocycles. The average Bonchev–Trinajstić information content (AvgIpc) is 2.54. The summed E-state index contributed by atoms with van der Waals surface area (Å²) in [6, 6.07) is 5.70. The standard InChI is InChI=1S/C15H11F4N5.ClH/c16-11-1-3-13(18)9(5-11)7-21-23-15(20)24-22-8-10-6-12(17)2-4-14(10)19;/h1-8H,(H3,20,23,24);1H/b21-7+,22-8+;. The van der Waals surface area contributed by atoms with Gasteiger partial charge in [-0.25, -0.2) is 23.0 Å². The van der Waals surface area contributed by atoms with Crippen LogP contribution < -0.4 is 11.2 Å². The molecule has 0 atom stereocenters. The molecule has 0 saturated carbocycles. The summed E-state index contributed by atoms with van der Waals surface area (Å²) in [6.07, 6.45) is 1.96. The lowest BCUT2D eigenvalue weighted by atomic mass is 10.2. The lowest BCUT2D eigenvalue weighted by Gasteiger charge is -1.98. The van der Waals surface area contributed by atoms with Crippen molar-refractivity contribution in [3.8, 4) is 0 Å². The van der Waals surface area contributed by atoms with Gasteiger partial charge < -0.3 is 5.73 Å². The molecule has 0 unspecified atom stereocenters. The second-order valence-corrected chi connectivity index (χ2v) is 4.43. The predicted molar refractivity (Wildman–Crippen MR) is 89.9 cm³/mol. The first-order chi connectivity index (χ1) is 11.5. The van der Waals surface area contributed by atoms with Crippen LogP contribution >= 0.6 is 12.4 Å². The minimum atomic E-state index is -0.679. The Labute approximate surface area is 146 Å². The molecule has 0 fully saturated rings. The van der Waals surface area contributed by atoms with Gasteiger partial charge in [0.1, 0.15) is 23.3 Å². The lowest BCUT2D eigenvalue weighted by molar-refractivity contribution is 0.598. The van der Waals surface area contributed by atoms with Crippen LogP contribution in [0.1, 0.15) is 11.1 Å². The van der Waals surface area contributed by atoms with Gasteiger partial charge in [-0.15, -0.1) is 17.5 Å². The first-order valence-corrected chi connectivity index (χ1v) is 6.51. The van der Waals surface area contributed by atoms with Crippen LogP contribution in [0.2, 0.25) is 0 Å². The third-order valence-electron chi connectivity index (χ3n) is 2.66. The van der Waals surface area contributed by atoms with E-state index < -0.39 is 23.3 Å². The normalized spacial score (nSPS) is 11.8. The van der Waals surface area contributed by atoms with E-state index in [0.717, 1.165) is 48.8 Å². The highest BCUT2D eigenvalue weighted by Gasteiger charge is 2.01. The van der Waals surface area contributed by atoms with Crippen LogP contribution in [0.25, 0.3) is 0 Å². The number of nitrogens with two attached hydrogens (primary N) is 1. The van der Waals surface area contributed by atoms with Gasteiger partial charge >= 0.3 is 0 Å². The molecule has 5 nitrogen and oxygen atoms in total. The Morgan fingerprint density at radius 2 is 1.40 bits per heavy atom. The average molecular weight is 374 g/mol. The smallest absolute Gasteiger partial charge is 0.234 e. The Morgan fingerprint density at radius 3 is 1.96 bits per heavy atom. The number of hydrogen-bond acceptors (Lipinski definition) is 3. The van der Waals surface area contributed by atoms with Crippen molar-refractivity contribution < 1.29 is 17.6 Å². The van der Waals surface area contributed by atoms with E-state index in [0.29, 0.717) is 0 Å². The summed E-state index contributed by atoms with van der Waals surface area (Å²) in [5.74, 6) is -2.90. The van der Waals surface area contributed by atoms with Crippen molar-refractivity contribution in [2.24, 2.45) is 21.0 Å². The van der Waals surface area contributed by atoms with Crippen molar-refractivity contribution in [2.45, 2.75) is 0 Å². The van der Waals surface area contributed by atoms with Gasteiger partial charge in [0.15, 0.2) is 0 Å². The minimum absolute atomic E-state index is 0. The molecule has 132 valence electrons. The number of nitrogens with one attached hydrogen (secondary N) is 1. The fourth-order valence-electron chi connectivity index (χ4n) is 1.57. The second-order valence-electron chi connectivity index (χ2n) is 4.43. The molecule has 0 spiro atoms. The van der Waals surface area contributed by atoms with Crippen molar-refractivity contribution >= 4 is 30.8 Å². The SMILES string of the molecule is Cl.N/C(=N\N=C\c1cc(F)ccc1F)N/N=C/c1cc(F)ccc1F. The molecule has 2 rings (SSSR count). The van der Waals surface area contributed by atoms with Crippen molar-refractivity contribution in [1.82, 2.24) is 5.43 Å². The van der Waals surface area contributed by atoms with Gasteiger partial charge in [0.05, 0.1) is 12.4 Å². The van der Waals surface area contributed by atoms with Crippen LogP contribution in [0.15, 0.2) is 51.7 Å². The fraction of sp³-hybridized carbons (Fsp3) is 0. The van der Waals surface area contributed by atoms with Crippen LogP contribution in [0, 0.1) is 23.3 Å². The molecule has 0 aliphatic heterocycles. The Bertz CT molecular complexity index is 824. The summed E-state index contributed by atoms with van der Waals surface area (Å²) >= 11 is 0. The van der Waals surface area contributed by atoms with E-state index in [1.165, 1.54) is 0 Å². The number of rotatable bonds is 4. The van der Waals surface area contributed by atoms with E-state index >= 15 is 0 Å². The van der Waals surface area contributed by atoms with Crippen molar-refractivity contribution in [3.05, 3.63) is 70.8 Å². The van der Waals surface area contributed by atoms with E-state index in [2.05, 4.69) is 20.7 Å². The quantitative estimate of drug-likeness (QED) is 0.374. The van der Waals surface area contributed by atoms with Crippen LogP contribution in [0.3, 0.4) is 0 Å². The highest BCUT2D eigenvalue weighted by atomic mass is 35.5. The summed E-state index contributed by atoms with van der Waals surface area (Å²) in [5.41, 5.74) is 7.42. The highest BCUT2D eigenvalue weighted by Crippen LogP contribution is 2.07. The number of nitrogens with zero attached hydrogens (tertiary/aromatic N) is 3. The van der Waals surface area contributed by atoms with Gasteiger partial charge in [-0.05, 0) is 36.4 Å². The van der Waals surface area contributed by atoms with E-state index in [4.69, 9.17) is 5.73 Å². The largest absolute Gasteiger partial charge is 0.367 e. The maximum absolute atomic E-state index is 13.3. The summed E-state index contributed by atoms with van der Waals surface area (Å²) in [5, 5.41) is 10.5. The molecule has 0 aliphatic rings. The molecule has 0 aromatic heterocycles. The summed E-state index contributed by atoms with van der Waals surface area (Å²) in [4.78, 5) is 0. The third kappa shape index (κ3) is 6.22. The number of hydrazone groups is 1. The van der Waals surface area contributed by atoms with Crippen molar-refractivity contribution in [3.63, 3.8) is 0 Å². The molecule has 0 amide bonds. The topological polar surface area (TPSA) is 75.1 Å². The van der Waals surface area contributed by atoms with Crippen LogP contribution in [-0.4, -0.2) is 18.4 Å². The van der Waals surface area contributed by atoms with Crippen LogP contribution in [0.4, 0.5) is 17.6 Å². The van der Waals surface area contributed by atoms with Gasteiger partial charge in [0.2, 0.25) is 5.96 Å². The molecular formula is C15H12ClF4N5. The number of halogens is 5. The van der Waals surface area contributed by atoms with E-state index in [1.807, 2.05) is 0 Å². The van der Waals surface area contributed by atoms with E-state index in [1.54, 1.807) is 0 Å².